The Morgan fingerprint density at radius 1 is 1.22 bits per heavy atom. The predicted molar refractivity (Wildman–Crippen MR) is 131 cm³/mol. The smallest absolute Gasteiger partial charge is 0.191 e. The first-order valence-electron chi connectivity index (χ1n) is 12.2. The Hall–Kier alpha value is -1.67. The van der Waals surface area contributed by atoms with Crippen molar-refractivity contribution in [3.8, 4) is 0 Å². The number of nitrogens with zero attached hydrogens (tertiary/aromatic N) is 2. The van der Waals surface area contributed by atoms with E-state index in [1.807, 2.05) is 7.05 Å². The fraction of sp³-hybridized carbons (Fsp3) is 0.720. The van der Waals surface area contributed by atoms with Crippen LogP contribution in [0, 0.1) is 0 Å². The number of piperidine rings is 1. The van der Waals surface area contributed by atoms with Crippen molar-refractivity contribution in [1.29, 1.82) is 0 Å². The number of nitrogens with one attached hydrogen (secondary N) is 3. The monoisotopic (exact) mass is 445 g/mol. The maximum absolute atomic E-state index is 5.69. The molecule has 0 spiro atoms. The minimum Gasteiger partial charge on any atom is -0.385 e. The highest BCUT2D eigenvalue weighted by molar-refractivity contribution is 5.80. The summed E-state index contributed by atoms with van der Waals surface area (Å²) in [5.74, 6) is 0.905. The number of hydrogen-bond acceptors (Lipinski definition) is 5. The number of hydrogen-bond donors (Lipinski definition) is 3. The molecule has 0 aliphatic carbocycles. The molecule has 3 N–H and O–H groups in total. The van der Waals surface area contributed by atoms with E-state index in [1.54, 1.807) is 7.11 Å². The maximum Gasteiger partial charge on any atom is 0.191 e. The predicted octanol–water partition coefficient (Wildman–Crippen LogP) is 2.55. The van der Waals surface area contributed by atoms with E-state index < -0.39 is 0 Å². The molecule has 1 aromatic carbocycles. The lowest BCUT2D eigenvalue weighted by atomic mass is 9.88. The highest BCUT2D eigenvalue weighted by Gasteiger charge is 2.34. The third-order valence-corrected chi connectivity index (χ3v) is 6.84. The summed E-state index contributed by atoms with van der Waals surface area (Å²) in [6, 6.07) is 11.4. The first-order chi connectivity index (χ1) is 15.6. The molecule has 1 aromatic rings. The Morgan fingerprint density at radius 3 is 2.59 bits per heavy atom. The van der Waals surface area contributed by atoms with Gasteiger partial charge in [0.2, 0.25) is 0 Å². The lowest BCUT2D eigenvalue weighted by Gasteiger charge is -2.41. The highest BCUT2D eigenvalue weighted by Crippen LogP contribution is 2.25. The Labute approximate surface area is 194 Å². The van der Waals surface area contributed by atoms with Gasteiger partial charge in [0.25, 0.3) is 0 Å². The second-order valence-corrected chi connectivity index (χ2v) is 9.20. The van der Waals surface area contributed by atoms with Gasteiger partial charge in [-0.3, -0.25) is 4.99 Å². The van der Waals surface area contributed by atoms with Crippen molar-refractivity contribution >= 4 is 5.96 Å². The zero-order chi connectivity index (χ0) is 22.7. The topological polar surface area (TPSA) is 70.2 Å². The Balaban J connectivity index is 1.49. The molecule has 32 heavy (non-hydrogen) atoms. The number of rotatable bonds is 10. The molecule has 7 heteroatoms. The third kappa shape index (κ3) is 7.73. The van der Waals surface area contributed by atoms with E-state index in [0.717, 1.165) is 84.1 Å². The van der Waals surface area contributed by atoms with E-state index in [1.165, 1.54) is 5.56 Å². The summed E-state index contributed by atoms with van der Waals surface area (Å²) in [4.78, 5) is 7.06. The Kier molecular flexibility index (Phi) is 10.2. The van der Waals surface area contributed by atoms with Crippen LogP contribution in [-0.2, 0) is 9.47 Å². The van der Waals surface area contributed by atoms with E-state index in [-0.39, 0.29) is 11.6 Å². The molecule has 2 aliphatic heterocycles. The molecule has 0 bridgehead atoms. The van der Waals surface area contributed by atoms with Crippen molar-refractivity contribution in [3.63, 3.8) is 0 Å². The summed E-state index contributed by atoms with van der Waals surface area (Å²) in [5.41, 5.74) is 1.31. The van der Waals surface area contributed by atoms with Gasteiger partial charge in [-0.25, -0.2) is 0 Å². The van der Waals surface area contributed by atoms with Crippen LogP contribution in [0.1, 0.15) is 50.6 Å². The zero-order valence-electron chi connectivity index (χ0n) is 20.2. The summed E-state index contributed by atoms with van der Waals surface area (Å²) in [5, 5.41) is 11.2. The van der Waals surface area contributed by atoms with E-state index in [9.17, 15) is 0 Å². The van der Waals surface area contributed by atoms with E-state index >= 15 is 0 Å². The largest absolute Gasteiger partial charge is 0.385 e. The number of likely N-dealkylation sites (tertiary alicyclic amines) is 1. The van der Waals surface area contributed by atoms with Crippen molar-refractivity contribution in [3.05, 3.63) is 35.9 Å². The van der Waals surface area contributed by atoms with E-state index in [4.69, 9.17) is 9.47 Å². The average molecular weight is 446 g/mol. The van der Waals surface area contributed by atoms with Crippen LogP contribution >= 0.6 is 0 Å². The standard InChI is InChI=1S/C25H43N5O2/c1-21(22-8-5-4-6-9-22)29-25(12-18-32-19-13-25)20-27-24(26-2)28-23-10-15-30(16-11-23)14-7-17-31-3/h4-6,8-9,21,23,29H,7,10-20H2,1-3H3,(H2,26,27,28). The van der Waals surface area contributed by atoms with Gasteiger partial charge in [-0.1, -0.05) is 30.3 Å². The van der Waals surface area contributed by atoms with Gasteiger partial charge in [0.1, 0.15) is 0 Å². The fourth-order valence-corrected chi connectivity index (χ4v) is 4.79. The van der Waals surface area contributed by atoms with Crippen LogP contribution < -0.4 is 16.0 Å². The summed E-state index contributed by atoms with van der Waals surface area (Å²) in [7, 11) is 3.64. The first kappa shape index (κ1) is 25.0. The van der Waals surface area contributed by atoms with Gasteiger partial charge in [-0.15, -0.1) is 0 Å². The van der Waals surface area contributed by atoms with Crippen LogP contribution in [0.2, 0.25) is 0 Å². The molecule has 2 saturated heterocycles. The van der Waals surface area contributed by atoms with Crippen molar-refractivity contribution in [1.82, 2.24) is 20.9 Å². The molecule has 1 unspecified atom stereocenters. The molecule has 7 nitrogen and oxygen atoms in total. The highest BCUT2D eigenvalue weighted by atomic mass is 16.5. The van der Waals surface area contributed by atoms with Crippen LogP contribution in [0.15, 0.2) is 35.3 Å². The number of benzene rings is 1. The molecular weight excluding hydrogens is 402 g/mol. The minimum absolute atomic E-state index is 0.00413. The number of ether oxygens (including phenoxy) is 2. The van der Waals surface area contributed by atoms with Crippen LogP contribution in [0.3, 0.4) is 0 Å². The van der Waals surface area contributed by atoms with E-state index in [0.29, 0.717) is 6.04 Å². The quantitative estimate of drug-likeness (QED) is 0.292. The minimum atomic E-state index is -0.00413. The second kappa shape index (κ2) is 13.1. The van der Waals surface area contributed by atoms with Crippen LogP contribution in [0.25, 0.3) is 0 Å². The van der Waals surface area contributed by atoms with Crippen molar-refractivity contribution in [2.75, 3.05) is 60.2 Å². The molecule has 3 rings (SSSR count). The zero-order valence-corrected chi connectivity index (χ0v) is 20.2. The van der Waals surface area contributed by atoms with Gasteiger partial charge in [-0.05, 0) is 44.6 Å². The van der Waals surface area contributed by atoms with Gasteiger partial charge in [-0.2, -0.15) is 0 Å². The molecular formula is C25H43N5O2. The van der Waals surface area contributed by atoms with Gasteiger partial charge in [0.15, 0.2) is 5.96 Å². The van der Waals surface area contributed by atoms with Gasteiger partial charge in [0.05, 0.1) is 0 Å². The number of methoxy groups -OCH3 is 1. The Morgan fingerprint density at radius 2 is 1.94 bits per heavy atom. The summed E-state index contributed by atoms with van der Waals surface area (Å²) in [6.07, 6.45) is 5.39. The maximum atomic E-state index is 5.69. The second-order valence-electron chi connectivity index (χ2n) is 9.20. The molecule has 0 radical (unpaired) electrons. The molecule has 2 aliphatic rings. The molecule has 0 saturated carbocycles. The summed E-state index contributed by atoms with van der Waals surface area (Å²) in [6.45, 7) is 8.92. The van der Waals surface area contributed by atoms with Crippen molar-refractivity contribution in [2.45, 2.75) is 56.7 Å². The normalized spacial score (nSPS) is 21.3. The van der Waals surface area contributed by atoms with Crippen molar-refractivity contribution < 1.29 is 9.47 Å². The van der Waals surface area contributed by atoms with Gasteiger partial charge in [0, 0.05) is 77.8 Å². The SMILES string of the molecule is CN=C(NCC1(NC(C)c2ccccc2)CCOCC1)NC1CCN(CCCOC)CC1. The molecule has 2 heterocycles. The van der Waals surface area contributed by atoms with Gasteiger partial charge >= 0.3 is 0 Å². The van der Waals surface area contributed by atoms with Crippen LogP contribution in [0.5, 0.6) is 0 Å². The average Bonchev–Trinajstić information content (AvgIpc) is 2.84. The van der Waals surface area contributed by atoms with E-state index in [2.05, 4.69) is 63.1 Å². The summed E-state index contributed by atoms with van der Waals surface area (Å²) >= 11 is 0. The van der Waals surface area contributed by atoms with Crippen LogP contribution in [-0.4, -0.2) is 82.6 Å². The Bertz CT molecular complexity index is 670. The number of guanidine groups is 1. The number of aliphatic imine (C=N–C) groups is 1. The molecule has 1 atom stereocenters. The molecule has 0 aromatic heterocycles. The lowest BCUT2D eigenvalue weighted by molar-refractivity contribution is 0.0354. The molecule has 2 fully saturated rings. The van der Waals surface area contributed by atoms with Crippen LogP contribution in [0.4, 0.5) is 0 Å². The summed E-state index contributed by atoms with van der Waals surface area (Å²) < 4.78 is 10.9. The first-order valence-corrected chi connectivity index (χ1v) is 12.2. The third-order valence-electron chi connectivity index (χ3n) is 6.84. The molecule has 0 amide bonds. The fourth-order valence-electron chi connectivity index (χ4n) is 4.79. The van der Waals surface area contributed by atoms with Crippen molar-refractivity contribution in [2.24, 2.45) is 4.99 Å². The molecule has 180 valence electrons. The van der Waals surface area contributed by atoms with Gasteiger partial charge < -0.3 is 30.3 Å². The lowest BCUT2D eigenvalue weighted by Crippen LogP contribution is -2.59.